The third-order valence-corrected chi connectivity index (χ3v) is 3.73. The summed E-state index contributed by atoms with van der Waals surface area (Å²) in [5.41, 5.74) is 3.78. The van der Waals surface area contributed by atoms with Gasteiger partial charge in [-0.3, -0.25) is 15.4 Å². The van der Waals surface area contributed by atoms with Gasteiger partial charge in [-0.05, 0) is 13.0 Å². The second-order valence-electron chi connectivity index (χ2n) is 5.08. The molecule has 0 amide bonds. The largest absolute Gasteiger partial charge is 0.493 e. The molecule has 7 heteroatoms. The van der Waals surface area contributed by atoms with E-state index in [0.717, 1.165) is 44.1 Å². The van der Waals surface area contributed by atoms with E-state index in [9.17, 15) is 0 Å². The van der Waals surface area contributed by atoms with Crippen LogP contribution in [0.25, 0.3) is 0 Å². The third-order valence-electron chi connectivity index (χ3n) is 3.73. The van der Waals surface area contributed by atoms with Crippen molar-refractivity contribution in [2.24, 2.45) is 12.9 Å². The van der Waals surface area contributed by atoms with Crippen LogP contribution in [-0.2, 0) is 11.8 Å². The number of nitrogens with zero attached hydrogens (tertiary/aromatic N) is 3. The quantitative estimate of drug-likeness (QED) is 0.567. The molecule has 0 aromatic carbocycles. The van der Waals surface area contributed by atoms with E-state index in [1.54, 1.807) is 18.0 Å². The van der Waals surface area contributed by atoms with Gasteiger partial charge in [-0.25, -0.2) is 5.43 Å². The number of nitrogens with two attached hydrogens (primary N) is 1. The van der Waals surface area contributed by atoms with Gasteiger partial charge in [0.1, 0.15) is 5.69 Å². The molecule has 1 saturated heterocycles. The molecule has 1 fully saturated rings. The van der Waals surface area contributed by atoms with E-state index < -0.39 is 0 Å². The normalized spacial score (nSPS) is 21.9. The predicted octanol–water partition coefficient (Wildman–Crippen LogP) is 0.0439. The van der Waals surface area contributed by atoms with Crippen molar-refractivity contribution in [2.75, 3.05) is 33.4 Å². The number of nitrogens with one attached hydrogen (secondary N) is 1. The average Bonchev–Trinajstić information content (AvgIpc) is 2.82. The zero-order valence-corrected chi connectivity index (χ0v) is 12.5. The molecule has 114 valence electrons. The number of aromatic nitrogens is 2. The Morgan fingerprint density at radius 3 is 3.10 bits per heavy atom. The van der Waals surface area contributed by atoms with Gasteiger partial charge in [-0.15, -0.1) is 0 Å². The number of ether oxygens (including phenoxy) is 2. The van der Waals surface area contributed by atoms with Crippen molar-refractivity contribution in [2.45, 2.75) is 25.5 Å². The third kappa shape index (κ3) is 3.12. The van der Waals surface area contributed by atoms with Crippen LogP contribution in [0, 0.1) is 0 Å². The summed E-state index contributed by atoms with van der Waals surface area (Å²) in [4.78, 5) is 2.40. The maximum absolute atomic E-state index is 5.91. The minimum Gasteiger partial charge on any atom is -0.493 e. The Bertz CT molecular complexity index is 421. The molecule has 2 heterocycles. The fourth-order valence-corrected chi connectivity index (χ4v) is 2.75. The lowest BCUT2D eigenvalue weighted by Crippen LogP contribution is -2.50. The molecule has 1 aromatic rings. The lowest BCUT2D eigenvalue weighted by Gasteiger charge is -2.36. The second-order valence-corrected chi connectivity index (χ2v) is 5.08. The van der Waals surface area contributed by atoms with Gasteiger partial charge < -0.3 is 9.47 Å². The fraction of sp³-hybridized carbons (Fsp3) is 0.769. The molecule has 0 aliphatic carbocycles. The summed E-state index contributed by atoms with van der Waals surface area (Å²) in [5, 5.41) is 4.23. The van der Waals surface area contributed by atoms with E-state index >= 15 is 0 Å². The van der Waals surface area contributed by atoms with Crippen LogP contribution in [0.3, 0.4) is 0 Å². The highest BCUT2D eigenvalue weighted by molar-refractivity contribution is 5.29. The van der Waals surface area contributed by atoms with E-state index in [1.807, 2.05) is 7.05 Å². The summed E-state index contributed by atoms with van der Waals surface area (Å²) in [6.07, 6.45) is 2.83. The smallest absolute Gasteiger partial charge is 0.161 e. The Kier molecular flexibility index (Phi) is 5.36. The van der Waals surface area contributed by atoms with E-state index in [4.69, 9.17) is 15.3 Å². The molecule has 1 aliphatic heterocycles. The molecule has 3 N–H and O–H groups in total. The molecule has 2 unspecified atom stereocenters. The topological polar surface area (TPSA) is 77.6 Å². The zero-order valence-electron chi connectivity index (χ0n) is 12.5. The lowest BCUT2D eigenvalue weighted by molar-refractivity contribution is -0.0486. The fourth-order valence-electron chi connectivity index (χ4n) is 2.75. The summed E-state index contributed by atoms with van der Waals surface area (Å²) < 4.78 is 13.1. The standard InChI is InChI=1S/C13H25N5O2/c1-4-5-18-6-7-20-11(9-18)12(16-14)13-10(19-3)8-15-17(13)2/h8,11-12,16H,4-7,9,14H2,1-3H3. The van der Waals surface area contributed by atoms with E-state index in [-0.39, 0.29) is 12.1 Å². The monoisotopic (exact) mass is 283 g/mol. The SMILES string of the molecule is CCCN1CCOC(C(NN)c2c(OC)cnn2C)C1. The van der Waals surface area contributed by atoms with Crippen molar-refractivity contribution < 1.29 is 9.47 Å². The minimum absolute atomic E-state index is 0.00963. The number of rotatable bonds is 6. The zero-order chi connectivity index (χ0) is 14.5. The Balaban J connectivity index is 2.16. The Morgan fingerprint density at radius 2 is 2.45 bits per heavy atom. The molecule has 0 saturated carbocycles. The van der Waals surface area contributed by atoms with Gasteiger partial charge >= 0.3 is 0 Å². The molecule has 0 spiro atoms. The van der Waals surface area contributed by atoms with Gasteiger partial charge in [-0.2, -0.15) is 5.10 Å². The van der Waals surface area contributed by atoms with Crippen LogP contribution >= 0.6 is 0 Å². The summed E-state index contributed by atoms with van der Waals surface area (Å²) >= 11 is 0. The van der Waals surface area contributed by atoms with E-state index in [2.05, 4.69) is 22.3 Å². The van der Waals surface area contributed by atoms with Gasteiger partial charge in [0.25, 0.3) is 0 Å². The van der Waals surface area contributed by atoms with Crippen LogP contribution in [0.5, 0.6) is 5.75 Å². The first-order valence-electron chi connectivity index (χ1n) is 7.07. The maximum Gasteiger partial charge on any atom is 0.161 e. The molecular formula is C13H25N5O2. The van der Waals surface area contributed by atoms with Gasteiger partial charge in [0.15, 0.2) is 5.75 Å². The number of morpholine rings is 1. The number of methoxy groups -OCH3 is 1. The Labute approximate surface area is 120 Å². The average molecular weight is 283 g/mol. The first-order chi connectivity index (χ1) is 9.71. The molecule has 1 aliphatic rings. The van der Waals surface area contributed by atoms with Crippen molar-refractivity contribution in [3.63, 3.8) is 0 Å². The van der Waals surface area contributed by atoms with Crippen LogP contribution in [0.15, 0.2) is 6.20 Å². The van der Waals surface area contributed by atoms with Crippen molar-refractivity contribution in [3.05, 3.63) is 11.9 Å². The lowest BCUT2D eigenvalue weighted by atomic mass is 10.1. The number of hydrogen-bond donors (Lipinski definition) is 2. The van der Waals surface area contributed by atoms with Gasteiger partial charge in [0.05, 0.1) is 32.1 Å². The van der Waals surface area contributed by atoms with Crippen molar-refractivity contribution in [1.82, 2.24) is 20.1 Å². The highest BCUT2D eigenvalue weighted by atomic mass is 16.5. The molecule has 7 nitrogen and oxygen atoms in total. The minimum atomic E-state index is -0.142. The Morgan fingerprint density at radius 1 is 1.65 bits per heavy atom. The van der Waals surface area contributed by atoms with Crippen LogP contribution in [0.1, 0.15) is 25.1 Å². The summed E-state index contributed by atoms with van der Waals surface area (Å²) in [7, 11) is 3.52. The molecule has 1 aromatic heterocycles. The first-order valence-corrected chi connectivity index (χ1v) is 7.07. The maximum atomic E-state index is 5.91. The number of aryl methyl sites for hydroxylation is 1. The molecular weight excluding hydrogens is 258 g/mol. The highest BCUT2D eigenvalue weighted by Gasteiger charge is 2.32. The second kappa shape index (κ2) is 7.03. The van der Waals surface area contributed by atoms with Crippen molar-refractivity contribution >= 4 is 0 Å². The van der Waals surface area contributed by atoms with Crippen LogP contribution in [0.2, 0.25) is 0 Å². The first kappa shape index (κ1) is 15.2. The highest BCUT2D eigenvalue weighted by Crippen LogP contribution is 2.28. The predicted molar refractivity (Wildman–Crippen MR) is 76.3 cm³/mol. The molecule has 0 radical (unpaired) electrons. The molecule has 0 bridgehead atoms. The van der Waals surface area contributed by atoms with E-state index in [0.29, 0.717) is 0 Å². The van der Waals surface area contributed by atoms with Crippen LogP contribution < -0.4 is 16.0 Å². The summed E-state index contributed by atoms with van der Waals surface area (Å²) in [6.45, 7) is 5.83. The summed E-state index contributed by atoms with van der Waals surface area (Å²) in [5.74, 6) is 6.49. The van der Waals surface area contributed by atoms with Crippen LogP contribution in [0.4, 0.5) is 0 Å². The van der Waals surface area contributed by atoms with Crippen LogP contribution in [-0.4, -0.2) is 54.1 Å². The number of hydrogen-bond acceptors (Lipinski definition) is 6. The summed E-state index contributed by atoms with van der Waals surface area (Å²) in [6, 6.07) is -0.142. The van der Waals surface area contributed by atoms with Gasteiger partial charge in [0.2, 0.25) is 0 Å². The molecule has 2 atom stereocenters. The van der Waals surface area contributed by atoms with Crippen molar-refractivity contribution in [1.29, 1.82) is 0 Å². The van der Waals surface area contributed by atoms with Crippen molar-refractivity contribution in [3.8, 4) is 5.75 Å². The van der Waals surface area contributed by atoms with Gasteiger partial charge in [-0.1, -0.05) is 6.92 Å². The molecule has 2 rings (SSSR count). The number of hydrazine groups is 1. The van der Waals surface area contributed by atoms with E-state index in [1.165, 1.54) is 0 Å². The van der Waals surface area contributed by atoms with Gasteiger partial charge in [0, 0.05) is 20.1 Å². The Hall–Kier alpha value is -1.15. The molecule has 20 heavy (non-hydrogen) atoms.